The third-order valence-electron chi connectivity index (χ3n) is 2.33. The van der Waals surface area contributed by atoms with Crippen molar-refractivity contribution in [1.82, 2.24) is 4.72 Å². The van der Waals surface area contributed by atoms with Crippen molar-refractivity contribution in [1.29, 1.82) is 0 Å². The van der Waals surface area contributed by atoms with Gasteiger partial charge in [0, 0.05) is 18.4 Å². The number of thioether (sulfide) groups is 1. The molecule has 1 aromatic carbocycles. The Hall–Kier alpha value is -1.19. The van der Waals surface area contributed by atoms with Crippen LogP contribution in [0, 0.1) is 22.9 Å². The van der Waals surface area contributed by atoms with Gasteiger partial charge in [-0.15, -0.1) is 0 Å². The van der Waals surface area contributed by atoms with E-state index in [-0.39, 0.29) is 17.0 Å². The number of aryl methyl sites for hydroxylation is 1. The second kappa shape index (κ2) is 6.31. The summed E-state index contributed by atoms with van der Waals surface area (Å²) in [6, 6.07) is 1.59. The van der Waals surface area contributed by atoms with Gasteiger partial charge < -0.3 is 0 Å². The second-order valence-electron chi connectivity index (χ2n) is 3.72. The van der Waals surface area contributed by atoms with Crippen molar-refractivity contribution in [2.45, 2.75) is 11.8 Å². The number of halogens is 1. The van der Waals surface area contributed by atoms with E-state index in [9.17, 15) is 22.9 Å². The summed E-state index contributed by atoms with van der Waals surface area (Å²) in [6.07, 6.45) is 1.82. The summed E-state index contributed by atoms with van der Waals surface area (Å²) < 4.78 is 39.5. The fourth-order valence-corrected chi connectivity index (χ4v) is 3.14. The van der Waals surface area contributed by atoms with Gasteiger partial charge in [-0.3, -0.25) is 10.1 Å². The highest BCUT2D eigenvalue weighted by atomic mass is 32.2. The molecule has 0 aliphatic heterocycles. The third-order valence-corrected chi connectivity index (χ3v) is 4.54. The smallest absolute Gasteiger partial charge is 0.258 e. The van der Waals surface area contributed by atoms with Crippen LogP contribution in [0.15, 0.2) is 17.0 Å². The average Bonchev–Trinajstić information content (AvgIpc) is 2.28. The quantitative estimate of drug-likeness (QED) is 0.490. The van der Waals surface area contributed by atoms with Crippen molar-refractivity contribution in [3.63, 3.8) is 0 Å². The zero-order chi connectivity index (χ0) is 14.6. The Morgan fingerprint density at radius 2 is 2.11 bits per heavy atom. The van der Waals surface area contributed by atoms with Gasteiger partial charge in [-0.2, -0.15) is 16.2 Å². The van der Waals surface area contributed by atoms with Crippen molar-refractivity contribution in [2.75, 3.05) is 18.6 Å². The van der Waals surface area contributed by atoms with Gasteiger partial charge in [0.15, 0.2) is 0 Å². The lowest BCUT2D eigenvalue weighted by molar-refractivity contribution is -0.387. The number of nitro groups is 1. The SMILES string of the molecule is CSCCNS(=O)(=O)c1cc([N+](=O)[O-])c(F)cc1C. The molecule has 0 aliphatic rings. The number of nitrogens with one attached hydrogen (secondary N) is 1. The molecule has 0 saturated heterocycles. The Morgan fingerprint density at radius 3 is 2.63 bits per heavy atom. The molecule has 9 heteroatoms. The Balaban J connectivity index is 3.19. The minimum absolute atomic E-state index is 0.125. The van der Waals surface area contributed by atoms with E-state index in [0.717, 1.165) is 12.1 Å². The van der Waals surface area contributed by atoms with E-state index in [2.05, 4.69) is 4.72 Å². The molecule has 0 atom stereocenters. The molecule has 0 bridgehead atoms. The van der Waals surface area contributed by atoms with E-state index in [1.807, 2.05) is 6.26 Å². The molecule has 0 aliphatic carbocycles. The molecule has 106 valence electrons. The van der Waals surface area contributed by atoms with Crippen LogP contribution in [0.1, 0.15) is 5.56 Å². The molecule has 0 radical (unpaired) electrons. The number of benzene rings is 1. The predicted octanol–water partition coefficient (Wildman–Crippen LogP) is 1.68. The van der Waals surface area contributed by atoms with Crippen LogP contribution in [0.5, 0.6) is 0 Å². The van der Waals surface area contributed by atoms with E-state index >= 15 is 0 Å². The van der Waals surface area contributed by atoms with Gasteiger partial charge in [-0.25, -0.2) is 13.1 Å². The molecule has 19 heavy (non-hydrogen) atoms. The molecule has 6 nitrogen and oxygen atoms in total. The van der Waals surface area contributed by atoms with Crippen LogP contribution in [-0.2, 0) is 10.0 Å². The summed E-state index contributed by atoms with van der Waals surface area (Å²) in [5, 5.41) is 10.6. The summed E-state index contributed by atoms with van der Waals surface area (Å²) in [7, 11) is -3.87. The maximum absolute atomic E-state index is 13.3. The first kappa shape index (κ1) is 15.9. The average molecular weight is 308 g/mol. The topological polar surface area (TPSA) is 89.3 Å². The van der Waals surface area contributed by atoms with Crippen molar-refractivity contribution in [2.24, 2.45) is 0 Å². The highest BCUT2D eigenvalue weighted by Gasteiger charge is 2.23. The largest absolute Gasteiger partial charge is 0.306 e. The lowest BCUT2D eigenvalue weighted by atomic mass is 10.2. The van der Waals surface area contributed by atoms with Crippen molar-refractivity contribution in [3.05, 3.63) is 33.6 Å². The normalized spacial score (nSPS) is 11.5. The summed E-state index contributed by atoms with van der Waals surface area (Å²) in [5.74, 6) is -0.479. The lowest BCUT2D eigenvalue weighted by Crippen LogP contribution is -2.26. The first-order valence-electron chi connectivity index (χ1n) is 5.22. The summed E-state index contributed by atoms with van der Waals surface area (Å²) >= 11 is 1.46. The molecule has 1 aromatic rings. The molecule has 0 spiro atoms. The van der Waals surface area contributed by atoms with Gasteiger partial charge in [-0.05, 0) is 24.8 Å². The van der Waals surface area contributed by atoms with E-state index in [1.54, 1.807) is 0 Å². The predicted molar refractivity (Wildman–Crippen MR) is 71.4 cm³/mol. The van der Waals surface area contributed by atoms with Gasteiger partial charge in [0.1, 0.15) is 0 Å². The Morgan fingerprint density at radius 1 is 1.47 bits per heavy atom. The molecule has 0 heterocycles. The molecule has 0 unspecified atom stereocenters. The minimum Gasteiger partial charge on any atom is -0.258 e. The molecule has 0 amide bonds. The van der Waals surface area contributed by atoms with Crippen molar-refractivity contribution in [3.8, 4) is 0 Å². The Kier molecular flexibility index (Phi) is 5.27. The number of rotatable bonds is 6. The number of nitro benzene ring substituents is 1. The van der Waals surface area contributed by atoms with Gasteiger partial charge in [0.05, 0.1) is 9.82 Å². The van der Waals surface area contributed by atoms with Gasteiger partial charge >= 0.3 is 5.69 Å². The fourth-order valence-electron chi connectivity index (χ4n) is 1.43. The molecular formula is C10H13FN2O4S2. The third kappa shape index (κ3) is 3.88. The van der Waals surface area contributed by atoms with Crippen LogP contribution in [0.2, 0.25) is 0 Å². The number of hydrogen-bond acceptors (Lipinski definition) is 5. The second-order valence-corrected chi connectivity index (χ2v) is 6.44. The first-order chi connectivity index (χ1) is 8.79. The molecule has 0 fully saturated rings. The molecule has 1 N–H and O–H groups in total. The van der Waals surface area contributed by atoms with Crippen LogP contribution in [-0.4, -0.2) is 31.9 Å². The summed E-state index contributed by atoms with van der Waals surface area (Å²) in [5.41, 5.74) is -0.726. The highest BCUT2D eigenvalue weighted by Crippen LogP contribution is 2.25. The Bertz CT molecular complexity index is 589. The van der Waals surface area contributed by atoms with Crippen LogP contribution >= 0.6 is 11.8 Å². The van der Waals surface area contributed by atoms with E-state index in [4.69, 9.17) is 0 Å². The van der Waals surface area contributed by atoms with Gasteiger partial charge in [-0.1, -0.05) is 0 Å². The van der Waals surface area contributed by atoms with Crippen LogP contribution < -0.4 is 4.72 Å². The number of sulfonamides is 1. The van der Waals surface area contributed by atoms with E-state index < -0.39 is 26.5 Å². The van der Waals surface area contributed by atoms with Gasteiger partial charge in [0.25, 0.3) is 0 Å². The highest BCUT2D eigenvalue weighted by molar-refractivity contribution is 7.98. The monoisotopic (exact) mass is 308 g/mol. The molecule has 0 aromatic heterocycles. The first-order valence-corrected chi connectivity index (χ1v) is 8.10. The van der Waals surface area contributed by atoms with Crippen LogP contribution in [0.3, 0.4) is 0 Å². The molecular weight excluding hydrogens is 295 g/mol. The van der Waals surface area contributed by atoms with Crippen LogP contribution in [0.25, 0.3) is 0 Å². The van der Waals surface area contributed by atoms with Gasteiger partial charge in [0.2, 0.25) is 15.8 Å². The maximum Gasteiger partial charge on any atom is 0.306 e. The number of nitrogens with zero attached hydrogens (tertiary/aromatic N) is 1. The lowest BCUT2D eigenvalue weighted by Gasteiger charge is -2.09. The van der Waals surface area contributed by atoms with Crippen molar-refractivity contribution < 1.29 is 17.7 Å². The zero-order valence-corrected chi connectivity index (χ0v) is 12.0. The zero-order valence-electron chi connectivity index (χ0n) is 10.3. The van der Waals surface area contributed by atoms with Crippen LogP contribution in [0.4, 0.5) is 10.1 Å². The molecule has 1 rings (SSSR count). The van der Waals surface area contributed by atoms with E-state index in [1.165, 1.54) is 18.7 Å². The summed E-state index contributed by atoms with van der Waals surface area (Å²) in [6.45, 7) is 1.59. The molecule has 0 saturated carbocycles. The maximum atomic E-state index is 13.3. The standard InChI is InChI=1S/C10H13FN2O4S2/c1-7-5-8(11)9(13(14)15)6-10(7)19(16,17)12-3-4-18-2/h5-6,12H,3-4H2,1-2H3. The minimum atomic E-state index is -3.87. The number of hydrogen-bond donors (Lipinski definition) is 1. The Labute approximate surface area is 114 Å². The van der Waals surface area contributed by atoms with Crippen molar-refractivity contribution >= 4 is 27.5 Å². The summed E-state index contributed by atoms with van der Waals surface area (Å²) in [4.78, 5) is 9.39. The van der Waals surface area contributed by atoms with E-state index in [0.29, 0.717) is 5.75 Å². The fraction of sp³-hybridized carbons (Fsp3) is 0.400.